The Hall–Kier alpha value is -1.98. The zero-order chi connectivity index (χ0) is 17.8. The lowest BCUT2D eigenvalue weighted by Gasteiger charge is -2.49. The molecule has 1 amide bonds. The van der Waals surface area contributed by atoms with Gasteiger partial charge in [0, 0.05) is 36.3 Å². The van der Waals surface area contributed by atoms with Gasteiger partial charge < -0.3 is 10.0 Å². The van der Waals surface area contributed by atoms with Gasteiger partial charge in [0.2, 0.25) is 5.91 Å². The molecule has 6 rings (SSSR count). The van der Waals surface area contributed by atoms with Crippen molar-refractivity contribution >= 4 is 11.9 Å². The minimum Gasteiger partial charge on any atom is -0.481 e. The molecule has 6 heteroatoms. The number of carbonyl (C=O) groups is 2. The van der Waals surface area contributed by atoms with Gasteiger partial charge in [-0.2, -0.15) is 0 Å². The van der Waals surface area contributed by atoms with E-state index < -0.39 is 5.97 Å². The number of carboxylic acid groups (broad SMARTS) is 1. The second-order valence-corrected chi connectivity index (χ2v) is 8.60. The normalized spacial score (nSPS) is 33.0. The zero-order valence-electron chi connectivity index (χ0n) is 14.9. The van der Waals surface area contributed by atoms with Crippen LogP contribution in [0.15, 0.2) is 6.20 Å². The van der Waals surface area contributed by atoms with Crippen molar-refractivity contribution in [2.75, 3.05) is 6.54 Å². The summed E-state index contributed by atoms with van der Waals surface area (Å²) in [5.41, 5.74) is 2.23. The van der Waals surface area contributed by atoms with Gasteiger partial charge in [-0.3, -0.25) is 9.59 Å². The highest BCUT2D eigenvalue weighted by Crippen LogP contribution is 2.41. The maximum Gasteiger partial charge on any atom is 0.308 e. The highest BCUT2D eigenvalue weighted by atomic mass is 16.4. The summed E-state index contributed by atoms with van der Waals surface area (Å²) >= 11 is 0. The number of aryl methyl sites for hydroxylation is 1. The molecule has 6 nitrogen and oxygen atoms in total. The first-order valence-electron chi connectivity index (χ1n) is 9.98. The average Bonchev–Trinajstić information content (AvgIpc) is 3.52. The molecule has 5 aliphatic rings. The average molecular weight is 355 g/mol. The van der Waals surface area contributed by atoms with Gasteiger partial charge in [-0.05, 0) is 62.8 Å². The number of hydrogen-bond acceptors (Lipinski definition) is 4. The summed E-state index contributed by atoms with van der Waals surface area (Å²) in [4.78, 5) is 36.0. The smallest absolute Gasteiger partial charge is 0.308 e. The van der Waals surface area contributed by atoms with E-state index in [0.717, 1.165) is 55.7 Å². The van der Waals surface area contributed by atoms with Crippen LogP contribution in [-0.2, 0) is 22.4 Å². The zero-order valence-corrected chi connectivity index (χ0v) is 14.9. The minimum atomic E-state index is -0.743. The molecule has 26 heavy (non-hydrogen) atoms. The number of carboxylic acids is 1. The van der Waals surface area contributed by atoms with E-state index in [1.165, 1.54) is 12.8 Å². The molecule has 0 radical (unpaired) electrons. The second kappa shape index (κ2) is 6.03. The number of aromatic nitrogens is 2. The van der Waals surface area contributed by atoms with E-state index in [-0.39, 0.29) is 23.8 Å². The highest BCUT2D eigenvalue weighted by Gasteiger charge is 2.47. The van der Waals surface area contributed by atoms with Crippen LogP contribution in [0.25, 0.3) is 0 Å². The van der Waals surface area contributed by atoms with E-state index in [2.05, 4.69) is 4.98 Å². The Balaban J connectivity index is 1.32. The number of carbonyl (C=O) groups excluding carboxylic acids is 1. The molecule has 2 bridgehead atoms. The van der Waals surface area contributed by atoms with Gasteiger partial charge >= 0.3 is 5.97 Å². The molecule has 0 spiro atoms. The van der Waals surface area contributed by atoms with Crippen molar-refractivity contribution in [1.29, 1.82) is 0 Å². The Bertz CT molecular complexity index is 761. The van der Waals surface area contributed by atoms with E-state index in [4.69, 9.17) is 4.98 Å². The quantitative estimate of drug-likeness (QED) is 0.898. The van der Waals surface area contributed by atoms with E-state index in [1.807, 2.05) is 11.1 Å². The highest BCUT2D eigenvalue weighted by molar-refractivity contribution is 5.81. The van der Waals surface area contributed by atoms with E-state index in [0.29, 0.717) is 18.3 Å². The molecule has 3 aliphatic carbocycles. The number of fused-ring (bicyclic) bond motifs is 4. The first-order valence-corrected chi connectivity index (χ1v) is 9.98. The molecule has 4 fully saturated rings. The van der Waals surface area contributed by atoms with Gasteiger partial charge in [-0.15, -0.1) is 0 Å². The van der Waals surface area contributed by atoms with Crippen LogP contribution >= 0.6 is 0 Å². The van der Waals surface area contributed by atoms with Crippen LogP contribution in [0.5, 0.6) is 0 Å². The Labute approximate surface area is 153 Å². The number of piperidine rings is 2. The van der Waals surface area contributed by atoms with Crippen LogP contribution in [0.4, 0.5) is 0 Å². The molecular formula is C20H25N3O3. The van der Waals surface area contributed by atoms with Gasteiger partial charge in [0.25, 0.3) is 0 Å². The second-order valence-electron chi connectivity index (χ2n) is 8.60. The van der Waals surface area contributed by atoms with Crippen LogP contribution in [-0.4, -0.2) is 44.4 Å². The fourth-order valence-corrected chi connectivity index (χ4v) is 5.22. The minimum absolute atomic E-state index is 0.0494. The van der Waals surface area contributed by atoms with E-state index in [9.17, 15) is 14.7 Å². The first kappa shape index (κ1) is 16.2. The van der Waals surface area contributed by atoms with Crippen LogP contribution in [0, 0.1) is 17.8 Å². The van der Waals surface area contributed by atoms with Gasteiger partial charge in [0.15, 0.2) is 0 Å². The molecule has 4 atom stereocenters. The topological polar surface area (TPSA) is 83.4 Å². The monoisotopic (exact) mass is 355 g/mol. The molecule has 138 valence electrons. The molecule has 1 aromatic rings. The van der Waals surface area contributed by atoms with Crippen LogP contribution in [0.2, 0.25) is 0 Å². The maximum atomic E-state index is 13.2. The Morgan fingerprint density at radius 2 is 2.00 bits per heavy atom. The molecule has 2 saturated carbocycles. The molecule has 2 saturated heterocycles. The fourth-order valence-electron chi connectivity index (χ4n) is 5.22. The third kappa shape index (κ3) is 2.70. The number of rotatable bonds is 3. The lowest BCUT2D eigenvalue weighted by atomic mass is 9.72. The standard InChI is InChI=1S/C20H25N3O3/c24-19(23-10-11-1-6-17(23)15(7-11)20(25)26)13-4-5-16-14(8-13)9-21-18(22-16)12-2-3-12/h9,11-13,15,17H,1-8,10H2,(H,25,26)/t11-,13?,15-,17+/m1/s1. The molecule has 0 aromatic carbocycles. The molecule has 2 aliphatic heterocycles. The van der Waals surface area contributed by atoms with E-state index >= 15 is 0 Å². The number of nitrogens with zero attached hydrogens (tertiary/aromatic N) is 3. The Morgan fingerprint density at radius 1 is 1.15 bits per heavy atom. The van der Waals surface area contributed by atoms with Crippen molar-refractivity contribution in [3.63, 3.8) is 0 Å². The summed E-state index contributed by atoms with van der Waals surface area (Å²) in [7, 11) is 0. The Kier molecular flexibility index (Phi) is 3.76. The van der Waals surface area contributed by atoms with Crippen LogP contribution < -0.4 is 0 Å². The van der Waals surface area contributed by atoms with Crippen molar-refractivity contribution in [3.05, 3.63) is 23.3 Å². The van der Waals surface area contributed by atoms with E-state index in [1.54, 1.807) is 0 Å². The fraction of sp³-hybridized carbons (Fsp3) is 0.700. The lowest BCUT2D eigenvalue weighted by molar-refractivity contribution is -0.157. The lowest BCUT2D eigenvalue weighted by Crippen LogP contribution is -2.58. The van der Waals surface area contributed by atoms with Gasteiger partial charge in [-0.1, -0.05) is 0 Å². The van der Waals surface area contributed by atoms with Crippen molar-refractivity contribution in [2.45, 2.75) is 63.3 Å². The van der Waals surface area contributed by atoms with Crippen molar-refractivity contribution in [3.8, 4) is 0 Å². The van der Waals surface area contributed by atoms with Gasteiger partial charge in [0.1, 0.15) is 5.82 Å². The summed E-state index contributed by atoms with van der Waals surface area (Å²) < 4.78 is 0. The van der Waals surface area contributed by atoms with Gasteiger partial charge in [0.05, 0.1) is 5.92 Å². The molecule has 1 N–H and O–H groups in total. The van der Waals surface area contributed by atoms with Crippen molar-refractivity contribution in [1.82, 2.24) is 14.9 Å². The third-order valence-electron chi connectivity index (χ3n) is 6.84. The summed E-state index contributed by atoms with van der Waals surface area (Å²) in [5.74, 6) is 0.862. The molecular weight excluding hydrogens is 330 g/mol. The van der Waals surface area contributed by atoms with Crippen molar-refractivity contribution < 1.29 is 14.7 Å². The molecule has 1 unspecified atom stereocenters. The maximum absolute atomic E-state index is 13.2. The third-order valence-corrected chi connectivity index (χ3v) is 6.84. The SMILES string of the molecule is O=C(O)[C@@H]1C[C@H]2CC[C@@H]1N(C(=O)C1CCc3nc(C4CC4)ncc3C1)C2. The predicted molar refractivity (Wildman–Crippen MR) is 93.5 cm³/mol. The van der Waals surface area contributed by atoms with Crippen LogP contribution in [0.3, 0.4) is 0 Å². The number of hydrogen-bond donors (Lipinski definition) is 1. The summed E-state index contributed by atoms with van der Waals surface area (Å²) in [6.07, 6.45) is 9.30. The summed E-state index contributed by atoms with van der Waals surface area (Å²) in [6.45, 7) is 0.744. The largest absolute Gasteiger partial charge is 0.481 e. The summed E-state index contributed by atoms with van der Waals surface area (Å²) in [5, 5.41) is 9.52. The first-order chi connectivity index (χ1) is 12.6. The summed E-state index contributed by atoms with van der Waals surface area (Å²) in [6, 6.07) is -0.111. The number of amides is 1. The van der Waals surface area contributed by atoms with Crippen LogP contribution in [0.1, 0.15) is 61.5 Å². The number of aliphatic carboxylic acids is 1. The predicted octanol–water partition coefficient (Wildman–Crippen LogP) is 2.17. The molecule has 3 heterocycles. The Morgan fingerprint density at radius 3 is 2.73 bits per heavy atom. The molecule has 1 aromatic heterocycles. The van der Waals surface area contributed by atoms with Gasteiger partial charge in [-0.25, -0.2) is 9.97 Å². The van der Waals surface area contributed by atoms with Crippen molar-refractivity contribution in [2.24, 2.45) is 17.8 Å².